The Morgan fingerprint density at radius 2 is 2.13 bits per heavy atom. The van der Waals surface area contributed by atoms with Crippen LogP contribution in [0, 0.1) is 6.92 Å². The molecule has 0 aromatic carbocycles. The number of hydrogen-bond acceptors (Lipinski definition) is 3. The number of nitrogens with one attached hydrogen (secondary N) is 1. The van der Waals surface area contributed by atoms with E-state index in [-0.39, 0.29) is 10.8 Å². The van der Waals surface area contributed by atoms with Gasteiger partial charge in [-0.2, -0.15) is 8.78 Å². The molecule has 0 unspecified atom stereocenters. The third kappa shape index (κ3) is 3.00. The summed E-state index contributed by atoms with van der Waals surface area (Å²) in [5.41, 5.74) is 0.448. The second kappa shape index (κ2) is 4.28. The zero-order valence-electron chi connectivity index (χ0n) is 7.54. The maximum Gasteiger partial charge on any atom is 0.355 e. The number of anilines is 1. The largest absolute Gasteiger partial charge is 0.355 e. The van der Waals surface area contributed by atoms with Crippen LogP contribution >= 0.6 is 11.6 Å². The van der Waals surface area contributed by atoms with Crippen LogP contribution in [0.5, 0.6) is 0 Å². The van der Waals surface area contributed by atoms with E-state index >= 15 is 0 Å². The zero-order chi connectivity index (χ0) is 11.6. The van der Waals surface area contributed by atoms with Crippen molar-refractivity contribution in [1.82, 2.24) is 4.98 Å². The molecule has 0 radical (unpaired) electrons. The van der Waals surface area contributed by atoms with Crippen molar-refractivity contribution in [2.45, 2.75) is 12.7 Å². The lowest BCUT2D eigenvalue weighted by atomic mass is 10.3. The molecule has 1 rings (SSSR count). The number of hydrogen-bond donors (Lipinski definition) is 1. The van der Waals surface area contributed by atoms with Gasteiger partial charge < -0.3 is 0 Å². The smallest absolute Gasteiger partial charge is 0.276 e. The maximum absolute atomic E-state index is 12.0. The number of rotatable bonds is 3. The molecule has 0 amide bonds. The summed E-state index contributed by atoms with van der Waals surface area (Å²) in [6, 6.07) is 1.31. The Morgan fingerprint density at radius 1 is 1.53 bits per heavy atom. The van der Waals surface area contributed by atoms with Gasteiger partial charge in [0.25, 0.3) is 10.0 Å². The SMILES string of the molecule is Cc1cnc(Cl)c(NS(=O)(=O)C(F)F)c1. The predicted molar refractivity (Wildman–Crippen MR) is 52.5 cm³/mol. The molecule has 1 N–H and O–H groups in total. The van der Waals surface area contributed by atoms with Gasteiger partial charge in [0.1, 0.15) is 0 Å². The highest BCUT2D eigenvalue weighted by Gasteiger charge is 2.24. The van der Waals surface area contributed by atoms with Gasteiger partial charge in [-0.3, -0.25) is 4.72 Å². The number of halogens is 3. The number of pyridine rings is 1. The fraction of sp³-hybridized carbons (Fsp3) is 0.286. The third-order valence-electron chi connectivity index (χ3n) is 1.46. The lowest BCUT2D eigenvalue weighted by Crippen LogP contribution is -2.20. The van der Waals surface area contributed by atoms with Crippen LogP contribution in [0.4, 0.5) is 14.5 Å². The van der Waals surface area contributed by atoms with Gasteiger partial charge in [-0.1, -0.05) is 11.6 Å². The molecule has 0 spiro atoms. The van der Waals surface area contributed by atoms with E-state index in [2.05, 4.69) is 4.98 Å². The second-order valence-electron chi connectivity index (χ2n) is 2.76. The molecule has 0 atom stereocenters. The summed E-state index contributed by atoms with van der Waals surface area (Å²) >= 11 is 5.52. The van der Waals surface area contributed by atoms with Crippen molar-refractivity contribution in [3.63, 3.8) is 0 Å². The third-order valence-corrected chi connectivity index (χ3v) is 2.74. The van der Waals surface area contributed by atoms with Gasteiger partial charge in [-0.25, -0.2) is 13.4 Å². The Balaban J connectivity index is 3.05. The van der Waals surface area contributed by atoms with Crippen molar-refractivity contribution >= 4 is 27.3 Å². The fourth-order valence-corrected chi connectivity index (χ4v) is 1.58. The highest BCUT2D eigenvalue weighted by atomic mass is 35.5. The van der Waals surface area contributed by atoms with E-state index < -0.39 is 15.8 Å². The first-order valence-corrected chi connectivity index (χ1v) is 5.67. The van der Waals surface area contributed by atoms with Gasteiger partial charge >= 0.3 is 5.76 Å². The highest BCUT2D eigenvalue weighted by molar-refractivity contribution is 7.93. The first-order chi connectivity index (χ1) is 6.83. The van der Waals surface area contributed by atoms with E-state index in [1.165, 1.54) is 12.3 Å². The molecule has 0 saturated carbocycles. The average Bonchev–Trinajstić information content (AvgIpc) is 2.10. The molecular weight excluding hydrogens is 250 g/mol. The number of sulfonamides is 1. The van der Waals surface area contributed by atoms with E-state index in [1.54, 1.807) is 11.6 Å². The van der Waals surface area contributed by atoms with Gasteiger partial charge in [-0.05, 0) is 18.6 Å². The lowest BCUT2D eigenvalue weighted by Gasteiger charge is -2.08. The molecule has 0 aliphatic carbocycles. The van der Waals surface area contributed by atoms with Gasteiger partial charge in [0.15, 0.2) is 5.15 Å². The van der Waals surface area contributed by atoms with Crippen molar-refractivity contribution in [3.8, 4) is 0 Å². The predicted octanol–water partition coefficient (Wildman–Crippen LogP) is 2.01. The summed E-state index contributed by atoms with van der Waals surface area (Å²) in [5, 5.41) is -0.176. The van der Waals surface area contributed by atoms with Crippen molar-refractivity contribution in [3.05, 3.63) is 23.0 Å². The van der Waals surface area contributed by atoms with E-state index in [4.69, 9.17) is 11.6 Å². The molecular formula is C7H7ClF2N2O2S. The van der Waals surface area contributed by atoms with E-state index in [9.17, 15) is 17.2 Å². The van der Waals surface area contributed by atoms with Gasteiger partial charge in [0.2, 0.25) is 0 Å². The second-order valence-corrected chi connectivity index (χ2v) is 4.77. The molecule has 0 aliphatic heterocycles. The van der Waals surface area contributed by atoms with E-state index in [0.717, 1.165) is 0 Å². The number of alkyl halides is 2. The van der Waals surface area contributed by atoms with Gasteiger partial charge in [-0.15, -0.1) is 0 Å². The Kier molecular flexibility index (Phi) is 3.46. The van der Waals surface area contributed by atoms with E-state index in [0.29, 0.717) is 5.56 Å². The minimum absolute atomic E-state index is 0.156. The van der Waals surface area contributed by atoms with E-state index in [1.807, 2.05) is 0 Å². The monoisotopic (exact) mass is 256 g/mol. The number of nitrogens with zero attached hydrogens (tertiary/aromatic N) is 1. The summed E-state index contributed by atoms with van der Waals surface area (Å²) in [5.74, 6) is -3.51. The van der Waals surface area contributed by atoms with Gasteiger partial charge in [0.05, 0.1) is 5.69 Å². The Bertz CT molecular complexity index is 464. The minimum Gasteiger partial charge on any atom is -0.276 e. The molecule has 15 heavy (non-hydrogen) atoms. The van der Waals surface area contributed by atoms with Crippen LogP contribution in [0.1, 0.15) is 5.56 Å². The molecule has 0 aliphatic rings. The normalized spacial score (nSPS) is 11.8. The first-order valence-electron chi connectivity index (χ1n) is 3.75. The Morgan fingerprint density at radius 3 is 2.67 bits per heavy atom. The molecule has 4 nitrogen and oxygen atoms in total. The fourth-order valence-electron chi connectivity index (χ4n) is 0.822. The van der Waals surface area contributed by atoms with Crippen LogP contribution in [-0.2, 0) is 10.0 Å². The number of aryl methyl sites for hydroxylation is 1. The van der Waals surface area contributed by atoms with Crippen molar-refractivity contribution < 1.29 is 17.2 Å². The van der Waals surface area contributed by atoms with Crippen molar-refractivity contribution in [2.24, 2.45) is 0 Å². The standard InChI is InChI=1S/C7H7ClF2N2O2S/c1-4-2-5(6(8)11-3-4)12-15(13,14)7(9)10/h2-3,7,12H,1H3. The molecule has 1 heterocycles. The zero-order valence-corrected chi connectivity index (χ0v) is 9.11. The van der Waals surface area contributed by atoms with Crippen LogP contribution in [0.3, 0.4) is 0 Å². The minimum atomic E-state index is -4.70. The molecule has 0 bridgehead atoms. The van der Waals surface area contributed by atoms with Crippen LogP contribution in [0.25, 0.3) is 0 Å². The first kappa shape index (κ1) is 12.1. The summed E-state index contributed by atoms with van der Waals surface area (Å²) < 4.78 is 47.3. The van der Waals surface area contributed by atoms with Crippen molar-refractivity contribution in [2.75, 3.05) is 4.72 Å². The van der Waals surface area contributed by atoms with Gasteiger partial charge in [0, 0.05) is 6.20 Å². The number of aromatic nitrogens is 1. The summed E-state index contributed by atoms with van der Waals surface area (Å²) in [6.45, 7) is 1.63. The van der Waals surface area contributed by atoms with Crippen LogP contribution in [-0.4, -0.2) is 19.2 Å². The van der Waals surface area contributed by atoms with Crippen LogP contribution in [0.2, 0.25) is 5.15 Å². The molecule has 84 valence electrons. The summed E-state index contributed by atoms with van der Waals surface area (Å²) in [4.78, 5) is 3.62. The van der Waals surface area contributed by atoms with Crippen LogP contribution < -0.4 is 4.72 Å². The highest BCUT2D eigenvalue weighted by Crippen LogP contribution is 2.22. The molecule has 1 aromatic rings. The quantitative estimate of drug-likeness (QED) is 0.842. The molecule has 1 aromatic heterocycles. The summed E-state index contributed by atoms with van der Waals surface area (Å²) in [6.07, 6.45) is 1.39. The van der Waals surface area contributed by atoms with Crippen LogP contribution in [0.15, 0.2) is 12.3 Å². The maximum atomic E-state index is 12.0. The summed E-state index contributed by atoms with van der Waals surface area (Å²) in [7, 11) is -4.70. The average molecular weight is 257 g/mol. The molecule has 0 saturated heterocycles. The Hall–Kier alpha value is -0.950. The Labute approximate surface area is 90.3 Å². The molecule has 0 fully saturated rings. The topological polar surface area (TPSA) is 59.1 Å². The lowest BCUT2D eigenvalue weighted by molar-refractivity contribution is 0.236. The molecule has 8 heteroatoms. The van der Waals surface area contributed by atoms with Crippen molar-refractivity contribution in [1.29, 1.82) is 0 Å².